The van der Waals surface area contributed by atoms with Gasteiger partial charge in [0.2, 0.25) is 11.8 Å². The van der Waals surface area contributed by atoms with E-state index < -0.39 is 64.6 Å². The van der Waals surface area contributed by atoms with E-state index in [9.17, 15) is 24.3 Å². The number of aliphatic imine (C=N–C) groups is 2. The summed E-state index contributed by atoms with van der Waals surface area (Å²) >= 11 is 0. The zero-order chi connectivity index (χ0) is 53.5. The smallest absolute Gasteiger partial charge is 0.251 e. The molecule has 17 nitrogen and oxygen atoms in total. The zero-order valence-corrected chi connectivity index (χ0v) is 44.3. The molecule has 4 aromatic carbocycles. The number of amides is 4. The molecule has 0 aromatic heterocycles. The summed E-state index contributed by atoms with van der Waals surface area (Å²) in [7, 11) is 0. The van der Waals surface area contributed by atoms with Crippen LogP contribution >= 0.6 is 0 Å². The summed E-state index contributed by atoms with van der Waals surface area (Å²) in [5.41, 5.74) is 13.6. The normalized spacial score (nSPS) is 29.7. The Bertz CT molecular complexity index is 3030. The van der Waals surface area contributed by atoms with Crippen molar-refractivity contribution in [1.29, 1.82) is 0 Å². The maximum absolute atomic E-state index is 14.5. The van der Waals surface area contributed by atoms with Crippen LogP contribution in [0.3, 0.4) is 0 Å². The molecule has 75 heavy (non-hydrogen) atoms. The Morgan fingerprint density at radius 1 is 0.693 bits per heavy atom. The molecule has 17 heteroatoms. The number of nitrogens with zero attached hydrogens (tertiary/aromatic N) is 4. The van der Waals surface area contributed by atoms with Crippen molar-refractivity contribution in [2.45, 2.75) is 159 Å². The highest BCUT2D eigenvalue weighted by atomic mass is 16.5. The van der Waals surface area contributed by atoms with Gasteiger partial charge in [-0.3, -0.25) is 29.0 Å². The lowest BCUT2D eigenvalue weighted by molar-refractivity contribution is -0.133. The molecule has 7 N–H and O–H groups in total. The van der Waals surface area contributed by atoms with Gasteiger partial charge in [-0.15, -0.1) is 0 Å². The lowest BCUT2D eigenvalue weighted by Gasteiger charge is -2.46. The molecule has 10 rings (SSSR count). The van der Waals surface area contributed by atoms with Crippen LogP contribution in [0.5, 0.6) is 23.0 Å². The van der Waals surface area contributed by atoms with Crippen LogP contribution in [0.4, 0.5) is 0 Å². The molecular weight excluding hydrogens is 953 g/mol. The number of hydrogen-bond acceptors (Lipinski definition) is 13. The molecule has 0 saturated carbocycles. The minimum absolute atomic E-state index is 0.0296. The maximum atomic E-state index is 14.5. The van der Waals surface area contributed by atoms with Crippen LogP contribution in [-0.2, 0) is 9.59 Å². The van der Waals surface area contributed by atoms with E-state index in [-0.39, 0.29) is 60.7 Å². The van der Waals surface area contributed by atoms with Gasteiger partial charge in [-0.2, -0.15) is 0 Å². The minimum Gasteiger partial charge on any atom is -0.493 e. The van der Waals surface area contributed by atoms with Crippen molar-refractivity contribution in [3.8, 4) is 23.0 Å². The first kappa shape index (κ1) is 51.4. The van der Waals surface area contributed by atoms with Crippen molar-refractivity contribution < 1.29 is 43.2 Å². The van der Waals surface area contributed by atoms with Crippen LogP contribution < -0.4 is 41.0 Å². The van der Waals surface area contributed by atoms with E-state index >= 15 is 0 Å². The number of guanidine groups is 2. The second kappa shape index (κ2) is 18.9. The Kier molecular flexibility index (Phi) is 12.9. The van der Waals surface area contributed by atoms with Gasteiger partial charge in [0.05, 0.1) is 54.7 Å². The molecule has 4 amide bonds. The maximum Gasteiger partial charge on any atom is 0.251 e. The van der Waals surface area contributed by atoms with Gasteiger partial charge in [0.1, 0.15) is 46.4 Å². The van der Waals surface area contributed by atoms with E-state index in [1.165, 1.54) is 0 Å². The molecule has 0 spiro atoms. The molecule has 0 saturated heterocycles. The van der Waals surface area contributed by atoms with Gasteiger partial charge in [-0.25, -0.2) is 9.98 Å². The van der Waals surface area contributed by atoms with E-state index in [2.05, 4.69) is 10.6 Å². The lowest BCUT2D eigenvalue weighted by atomic mass is 9.81. The molecule has 396 valence electrons. The highest BCUT2D eigenvalue weighted by Gasteiger charge is 2.49. The molecule has 4 aromatic rings. The molecule has 0 aliphatic carbocycles. The number of nitrogens with one attached hydrogen (secondary N) is 2. The molecule has 0 radical (unpaired) electrons. The van der Waals surface area contributed by atoms with Crippen LogP contribution in [0.2, 0.25) is 0 Å². The molecule has 0 bridgehead atoms. The fourth-order valence-corrected chi connectivity index (χ4v) is 11.7. The Balaban J connectivity index is 0.925. The monoisotopic (exact) mass is 1020 g/mol. The lowest BCUT2D eigenvalue weighted by Crippen LogP contribution is -2.55. The summed E-state index contributed by atoms with van der Waals surface area (Å²) in [6, 6.07) is 23.0. The number of ether oxygens (including phenoxy) is 4. The fraction of sp³-hybridized carbons (Fsp3) is 0.483. The first-order valence-corrected chi connectivity index (χ1v) is 26.2. The van der Waals surface area contributed by atoms with Gasteiger partial charge in [-0.1, -0.05) is 64.1 Å². The van der Waals surface area contributed by atoms with E-state index in [1.54, 1.807) is 60.0 Å². The molecule has 4 unspecified atom stereocenters. The van der Waals surface area contributed by atoms with Gasteiger partial charge in [-0.05, 0) is 95.0 Å². The second-order valence-corrected chi connectivity index (χ2v) is 23.2. The predicted molar refractivity (Wildman–Crippen MR) is 282 cm³/mol. The number of aliphatic hydroxyl groups excluding tert-OH is 1. The van der Waals surface area contributed by atoms with Crippen molar-refractivity contribution in [3.63, 3.8) is 0 Å². The van der Waals surface area contributed by atoms with Crippen LogP contribution in [-0.4, -0.2) is 91.5 Å². The zero-order valence-electron chi connectivity index (χ0n) is 44.3. The number of carbonyl (C=O) groups is 4. The molecule has 9 atom stereocenters. The summed E-state index contributed by atoms with van der Waals surface area (Å²) in [6.45, 7) is 17.9. The largest absolute Gasteiger partial charge is 0.493 e. The average Bonchev–Trinajstić information content (AvgIpc) is 3.35. The molecule has 0 fully saturated rings. The molecular formula is C58H70N8O9. The third kappa shape index (κ3) is 9.41. The van der Waals surface area contributed by atoms with Gasteiger partial charge in [0, 0.05) is 59.1 Å². The summed E-state index contributed by atoms with van der Waals surface area (Å²) in [5.74, 6) is 1.55. The van der Waals surface area contributed by atoms with Crippen molar-refractivity contribution >= 4 is 35.5 Å². The highest BCUT2D eigenvalue weighted by molar-refractivity contribution is 6.01. The summed E-state index contributed by atoms with van der Waals surface area (Å²) in [6.07, 6.45) is 0.214. The second-order valence-electron chi connectivity index (χ2n) is 23.2. The summed E-state index contributed by atoms with van der Waals surface area (Å²) in [4.78, 5) is 69.9. The first-order chi connectivity index (χ1) is 35.5. The van der Waals surface area contributed by atoms with E-state index in [1.807, 2.05) is 97.0 Å². The fourth-order valence-electron chi connectivity index (χ4n) is 11.7. The Labute approximate surface area is 438 Å². The van der Waals surface area contributed by atoms with Crippen LogP contribution in [0.1, 0.15) is 168 Å². The molecule has 6 heterocycles. The van der Waals surface area contributed by atoms with Crippen molar-refractivity contribution in [3.05, 3.63) is 118 Å². The number of fused-ring (bicyclic) bond motifs is 4. The van der Waals surface area contributed by atoms with Gasteiger partial charge in [0.25, 0.3) is 11.8 Å². The Morgan fingerprint density at radius 2 is 1.23 bits per heavy atom. The number of hydrogen-bond donors (Lipinski definition) is 5. The predicted octanol–water partition coefficient (Wildman–Crippen LogP) is 7.73. The Hall–Kier alpha value is -7.14. The third-order valence-electron chi connectivity index (χ3n) is 16.8. The van der Waals surface area contributed by atoms with Crippen molar-refractivity contribution in [2.24, 2.45) is 33.3 Å². The number of para-hydroxylation sites is 2. The topological polar surface area (TPSA) is 233 Å². The van der Waals surface area contributed by atoms with Gasteiger partial charge >= 0.3 is 0 Å². The van der Waals surface area contributed by atoms with E-state index in [0.29, 0.717) is 76.7 Å². The molecule has 6 aliphatic rings. The van der Waals surface area contributed by atoms with Gasteiger partial charge < -0.3 is 46.2 Å². The van der Waals surface area contributed by atoms with Crippen LogP contribution in [0.15, 0.2) is 94.9 Å². The number of carbonyl (C=O) groups excluding carboxylic acids is 4. The van der Waals surface area contributed by atoms with Crippen molar-refractivity contribution in [1.82, 2.24) is 20.4 Å². The third-order valence-corrected chi connectivity index (χ3v) is 16.8. The number of nitrogens with two attached hydrogens (primary N) is 2. The van der Waals surface area contributed by atoms with Crippen LogP contribution in [0.25, 0.3) is 0 Å². The van der Waals surface area contributed by atoms with E-state index in [4.69, 9.17) is 40.4 Å². The number of benzene rings is 4. The van der Waals surface area contributed by atoms with Crippen molar-refractivity contribution in [2.75, 3.05) is 6.61 Å². The van der Waals surface area contributed by atoms with E-state index in [0.717, 1.165) is 5.56 Å². The standard InChI is InChI=1S/C58H70N8O9/c1-31(2)57(8)29-47(67)65(53(59)63-57)41-22-23-72-43-20-18-33(24-38(41)43)51(70)61-40-28-56(7,75-45-16-12-10-14-36(40)45)27-35-26-42(66-48(68)30-58(9,32(3)4)64-54(66)60)39-25-34(19-21-44(39)73-35)52(71)62-49-37-15-11-13-17-46(37)74-55(5,6)50(49)69/h10-21,24-25,31-32,35,40-42,49-50,69H,22-23,26-30H2,1-9H3,(H2,59,63)(H2,60,64)(H,61,70)(H,62,71)/t35?,40-,41+,42+,49?,50?,56?,57-,58-/m0/s1. The number of rotatable bonds is 10. The summed E-state index contributed by atoms with van der Waals surface area (Å²) < 4.78 is 25.9. The average molecular weight is 1020 g/mol. The Morgan fingerprint density at radius 3 is 1.83 bits per heavy atom. The SMILES string of the molecule is CC(C)[C@]1(C)CC(=O)N([C@@H]2CCOc3ccc(C(=O)N[C@H]4CC(C)(CC5C[C@@H](N6C(=O)C[C@@](C)(C(C)C)N=C6N)c6cc(C(=O)NC7c8ccccc8OC(C)(C)C7O)ccc6O5)Oc5ccccc54)cc32)C(N)=N1. The highest BCUT2D eigenvalue weighted by Crippen LogP contribution is 2.48. The minimum atomic E-state index is -1.06. The number of aliphatic hydroxyl groups is 1. The molecule has 6 aliphatic heterocycles. The van der Waals surface area contributed by atoms with Gasteiger partial charge in [0.15, 0.2) is 11.9 Å². The van der Waals surface area contributed by atoms with Crippen LogP contribution in [0, 0.1) is 11.8 Å². The quantitative estimate of drug-likeness (QED) is 0.103. The first-order valence-electron chi connectivity index (χ1n) is 26.2. The summed E-state index contributed by atoms with van der Waals surface area (Å²) in [5, 5.41) is 17.9.